The zero-order valence-corrected chi connectivity index (χ0v) is 13.0. The Kier molecular flexibility index (Phi) is 3.81. The van der Waals surface area contributed by atoms with Crippen molar-refractivity contribution >= 4 is 27.7 Å². The van der Waals surface area contributed by atoms with Crippen LogP contribution >= 0.6 is 15.9 Å². The minimum Gasteiger partial charge on any atom is -0.277 e. The Hall–Kier alpha value is -1.16. The fourth-order valence-electron chi connectivity index (χ4n) is 2.53. The molecule has 0 radical (unpaired) electrons. The first-order valence-corrected chi connectivity index (χ1v) is 7.19. The molecule has 102 valence electrons. The fraction of sp³-hybridized carbons (Fsp3) is 0.467. The van der Waals surface area contributed by atoms with Gasteiger partial charge in [-0.2, -0.15) is 0 Å². The molecule has 0 aliphatic carbocycles. The van der Waals surface area contributed by atoms with Gasteiger partial charge in [0.25, 0.3) is 0 Å². The highest BCUT2D eigenvalue weighted by Crippen LogP contribution is 2.33. The van der Waals surface area contributed by atoms with Crippen LogP contribution in [0.1, 0.15) is 45.1 Å². The van der Waals surface area contributed by atoms with Crippen LogP contribution in [0, 0.1) is 0 Å². The number of piperidine rings is 1. The summed E-state index contributed by atoms with van der Waals surface area (Å²) in [5.74, 6) is -0.139. The van der Waals surface area contributed by atoms with Crippen molar-refractivity contribution in [3.63, 3.8) is 0 Å². The Morgan fingerprint density at radius 1 is 1.05 bits per heavy atom. The van der Waals surface area contributed by atoms with Crippen LogP contribution in [-0.2, 0) is 9.59 Å². The van der Waals surface area contributed by atoms with Crippen molar-refractivity contribution in [2.45, 2.75) is 45.1 Å². The molecule has 1 heterocycles. The summed E-state index contributed by atoms with van der Waals surface area (Å²) in [6, 6.07) is 7.84. The monoisotopic (exact) mass is 323 g/mol. The van der Waals surface area contributed by atoms with E-state index in [4.69, 9.17) is 0 Å². The summed E-state index contributed by atoms with van der Waals surface area (Å²) in [5.41, 5.74) is 0.622. The van der Waals surface area contributed by atoms with E-state index in [1.807, 2.05) is 45.0 Å². The summed E-state index contributed by atoms with van der Waals surface area (Å²) in [7, 11) is 0. The highest BCUT2D eigenvalue weighted by atomic mass is 79.9. The predicted molar refractivity (Wildman–Crippen MR) is 77.7 cm³/mol. The van der Waals surface area contributed by atoms with E-state index < -0.39 is 5.54 Å². The van der Waals surface area contributed by atoms with E-state index in [9.17, 15) is 9.59 Å². The number of nitrogens with zero attached hydrogens (tertiary/aromatic N) is 1. The van der Waals surface area contributed by atoms with Gasteiger partial charge < -0.3 is 0 Å². The topological polar surface area (TPSA) is 37.4 Å². The zero-order chi connectivity index (χ0) is 14.2. The summed E-state index contributed by atoms with van der Waals surface area (Å²) >= 11 is 3.39. The largest absolute Gasteiger partial charge is 0.277 e. The molecule has 4 heteroatoms. The molecule has 0 unspecified atom stereocenters. The number of carbonyl (C=O) groups excluding carboxylic acids is 2. The molecule has 1 aliphatic heterocycles. The van der Waals surface area contributed by atoms with Crippen molar-refractivity contribution in [1.82, 2.24) is 4.90 Å². The van der Waals surface area contributed by atoms with Crippen LogP contribution in [0.2, 0.25) is 0 Å². The number of halogens is 1. The first kappa shape index (κ1) is 14.3. The average molecular weight is 324 g/mol. The molecular formula is C15H18BrNO2. The van der Waals surface area contributed by atoms with Crippen LogP contribution in [0.5, 0.6) is 0 Å². The Bertz CT molecular complexity index is 484. The summed E-state index contributed by atoms with van der Waals surface area (Å²) in [6.07, 6.45) is 0.815. The van der Waals surface area contributed by atoms with Crippen molar-refractivity contribution in [2.24, 2.45) is 0 Å². The first-order chi connectivity index (χ1) is 8.79. The minimum atomic E-state index is -0.432. The number of likely N-dealkylation sites (tertiary alicyclic amines) is 1. The first-order valence-electron chi connectivity index (χ1n) is 6.40. The summed E-state index contributed by atoms with van der Waals surface area (Å²) in [5, 5.41) is 0. The summed E-state index contributed by atoms with van der Waals surface area (Å²) in [4.78, 5) is 25.8. The SMILES string of the molecule is CC(C)(C)N1C(=O)CC(c2ccc(Br)cc2)CC1=O. The molecule has 1 saturated heterocycles. The number of hydrogen-bond donors (Lipinski definition) is 0. The van der Waals surface area contributed by atoms with Crippen LogP contribution in [0.25, 0.3) is 0 Å². The maximum atomic E-state index is 12.2. The lowest BCUT2D eigenvalue weighted by atomic mass is 9.86. The van der Waals surface area contributed by atoms with E-state index in [2.05, 4.69) is 15.9 Å². The third-order valence-electron chi connectivity index (χ3n) is 3.35. The number of benzene rings is 1. The van der Waals surface area contributed by atoms with E-state index in [0.29, 0.717) is 12.8 Å². The molecule has 1 fully saturated rings. The smallest absolute Gasteiger partial charge is 0.230 e. The fourth-order valence-corrected chi connectivity index (χ4v) is 2.80. The number of carbonyl (C=O) groups is 2. The normalized spacial score (nSPS) is 18.0. The molecule has 0 saturated carbocycles. The quantitative estimate of drug-likeness (QED) is 0.742. The number of hydrogen-bond acceptors (Lipinski definition) is 2. The molecule has 1 aliphatic rings. The number of imide groups is 1. The average Bonchev–Trinajstić information content (AvgIpc) is 2.26. The van der Waals surface area contributed by atoms with Crippen LogP contribution in [0.15, 0.2) is 28.7 Å². The van der Waals surface area contributed by atoms with E-state index in [-0.39, 0.29) is 17.7 Å². The summed E-state index contributed by atoms with van der Waals surface area (Å²) in [6.45, 7) is 5.67. The molecule has 0 aromatic heterocycles. The van der Waals surface area contributed by atoms with Crippen LogP contribution in [0.4, 0.5) is 0 Å². The van der Waals surface area contributed by atoms with Gasteiger partial charge >= 0.3 is 0 Å². The van der Waals surface area contributed by atoms with Gasteiger partial charge in [0.1, 0.15) is 0 Å². The second-order valence-electron chi connectivity index (χ2n) is 5.95. The van der Waals surface area contributed by atoms with Gasteiger partial charge in [-0.1, -0.05) is 28.1 Å². The van der Waals surface area contributed by atoms with Crippen molar-refractivity contribution in [2.75, 3.05) is 0 Å². The lowest BCUT2D eigenvalue weighted by Crippen LogP contribution is -2.52. The van der Waals surface area contributed by atoms with Gasteiger partial charge in [0.15, 0.2) is 0 Å². The third-order valence-corrected chi connectivity index (χ3v) is 3.88. The zero-order valence-electron chi connectivity index (χ0n) is 11.4. The van der Waals surface area contributed by atoms with Gasteiger partial charge in [0.2, 0.25) is 11.8 Å². The summed E-state index contributed by atoms with van der Waals surface area (Å²) < 4.78 is 1.00. The predicted octanol–water partition coefficient (Wildman–Crippen LogP) is 3.48. The van der Waals surface area contributed by atoms with Gasteiger partial charge in [-0.05, 0) is 38.5 Å². The molecule has 1 aromatic rings. The highest BCUT2D eigenvalue weighted by molar-refractivity contribution is 9.10. The Morgan fingerprint density at radius 2 is 1.53 bits per heavy atom. The second-order valence-corrected chi connectivity index (χ2v) is 6.87. The maximum Gasteiger partial charge on any atom is 0.230 e. The Balaban J connectivity index is 2.20. The minimum absolute atomic E-state index is 0.00620. The van der Waals surface area contributed by atoms with Crippen molar-refractivity contribution in [1.29, 1.82) is 0 Å². The van der Waals surface area contributed by atoms with E-state index in [0.717, 1.165) is 10.0 Å². The molecule has 0 bridgehead atoms. The molecule has 1 aromatic carbocycles. The molecular weight excluding hydrogens is 306 g/mol. The van der Waals surface area contributed by atoms with Crippen LogP contribution in [0.3, 0.4) is 0 Å². The molecule has 3 nitrogen and oxygen atoms in total. The Morgan fingerprint density at radius 3 is 1.95 bits per heavy atom. The van der Waals surface area contributed by atoms with Crippen molar-refractivity contribution in [3.05, 3.63) is 34.3 Å². The van der Waals surface area contributed by atoms with Gasteiger partial charge in [0, 0.05) is 28.8 Å². The van der Waals surface area contributed by atoms with Crippen LogP contribution < -0.4 is 0 Å². The molecule has 0 spiro atoms. The van der Waals surface area contributed by atoms with E-state index >= 15 is 0 Å². The lowest BCUT2D eigenvalue weighted by molar-refractivity contribution is -0.154. The molecule has 2 rings (SSSR count). The van der Waals surface area contributed by atoms with Gasteiger partial charge in [-0.25, -0.2) is 0 Å². The van der Waals surface area contributed by atoms with E-state index in [1.165, 1.54) is 4.90 Å². The van der Waals surface area contributed by atoms with Gasteiger partial charge in [0.05, 0.1) is 0 Å². The molecule has 0 atom stereocenters. The van der Waals surface area contributed by atoms with Crippen molar-refractivity contribution < 1.29 is 9.59 Å². The second kappa shape index (κ2) is 5.08. The van der Waals surface area contributed by atoms with Crippen LogP contribution in [-0.4, -0.2) is 22.3 Å². The molecule has 2 amide bonds. The standard InChI is InChI=1S/C15H18BrNO2/c1-15(2,3)17-13(18)8-11(9-14(17)19)10-4-6-12(16)7-5-10/h4-7,11H,8-9H2,1-3H3. The molecule has 19 heavy (non-hydrogen) atoms. The third kappa shape index (κ3) is 3.06. The number of rotatable bonds is 1. The van der Waals surface area contributed by atoms with Gasteiger partial charge in [-0.15, -0.1) is 0 Å². The van der Waals surface area contributed by atoms with Gasteiger partial charge in [-0.3, -0.25) is 14.5 Å². The van der Waals surface area contributed by atoms with Crippen molar-refractivity contribution in [3.8, 4) is 0 Å². The maximum absolute atomic E-state index is 12.2. The highest BCUT2D eigenvalue weighted by Gasteiger charge is 2.39. The Labute approximate surface area is 122 Å². The number of amides is 2. The lowest BCUT2D eigenvalue weighted by Gasteiger charge is -2.39. The van der Waals surface area contributed by atoms with E-state index in [1.54, 1.807) is 0 Å². The molecule has 0 N–H and O–H groups in total.